The summed E-state index contributed by atoms with van der Waals surface area (Å²) in [4.78, 5) is 13.0. The Morgan fingerprint density at radius 2 is 2.35 bits per heavy atom. The second-order valence-corrected chi connectivity index (χ2v) is 4.16. The molecule has 1 aliphatic rings. The fourth-order valence-corrected chi connectivity index (χ4v) is 1.91. The number of aliphatic hydroxyl groups is 1. The van der Waals surface area contributed by atoms with Crippen molar-refractivity contribution in [3.8, 4) is 0 Å². The zero-order chi connectivity index (χ0) is 12.3. The van der Waals surface area contributed by atoms with Crippen LogP contribution in [-0.4, -0.2) is 42.1 Å². The molecule has 0 aromatic heterocycles. The summed E-state index contributed by atoms with van der Waals surface area (Å²) in [6.45, 7) is 1.93. The van der Waals surface area contributed by atoms with Crippen molar-refractivity contribution in [2.75, 3.05) is 26.2 Å². The zero-order valence-electron chi connectivity index (χ0n) is 9.40. The lowest BCUT2D eigenvalue weighted by Crippen LogP contribution is -2.48. The standard InChI is InChI=1S/C12H15FN2O2/c13-10-3-1-2-9(6-10)11(16)7-15-5-4-14-12(17)8-15/h1-3,6,11,16H,4-5,7-8H2,(H,14,17). The molecule has 2 N–H and O–H groups in total. The number of carbonyl (C=O) groups excluding carboxylic acids is 1. The highest BCUT2D eigenvalue weighted by Crippen LogP contribution is 2.15. The molecule has 0 spiro atoms. The minimum absolute atomic E-state index is 0.0392. The molecule has 0 saturated carbocycles. The van der Waals surface area contributed by atoms with Gasteiger partial charge < -0.3 is 10.4 Å². The summed E-state index contributed by atoms with van der Waals surface area (Å²) in [5.41, 5.74) is 0.538. The normalized spacial score (nSPS) is 18.8. The van der Waals surface area contributed by atoms with E-state index in [1.807, 2.05) is 4.90 Å². The molecule has 1 fully saturated rings. The number of halogens is 1. The Kier molecular flexibility index (Phi) is 3.71. The topological polar surface area (TPSA) is 52.6 Å². The maximum Gasteiger partial charge on any atom is 0.234 e. The lowest BCUT2D eigenvalue weighted by molar-refractivity contribution is -0.124. The van der Waals surface area contributed by atoms with E-state index in [0.29, 0.717) is 25.2 Å². The quantitative estimate of drug-likeness (QED) is 0.796. The Bertz CT molecular complexity index is 411. The summed E-state index contributed by atoms with van der Waals surface area (Å²) < 4.78 is 13.0. The molecule has 0 bridgehead atoms. The number of nitrogens with zero attached hydrogens (tertiary/aromatic N) is 1. The molecular weight excluding hydrogens is 223 g/mol. The van der Waals surface area contributed by atoms with Crippen molar-refractivity contribution in [2.24, 2.45) is 0 Å². The highest BCUT2D eigenvalue weighted by atomic mass is 19.1. The monoisotopic (exact) mass is 238 g/mol. The van der Waals surface area contributed by atoms with Crippen LogP contribution in [0.1, 0.15) is 11.7 Å². The van der Waals surface area contributed by atoms with Crippen molar-refractivity contribution in [3.63, 3.8) is 0 Å². The van der Waals surface area contributed by atoms with E-state index in [1.165, 1.54) is 12.1 Å². The van der Waals surface area contributed by atoms with Crippen molar-refractivity contribution in [1.29, 1.82) is 0 Å². The van der Waals surface area contributed by atoms with E-state index in [-0.39, 0.29) is 18.3 Å². The average Bonchev–Trinajstić information content (AvgIpc) is 2.29. The third-order valence-electron chi connectivity index (χ3n) is 2.78. The van der Waals surface area contributed by atoms with Crippen molar-refractivity contribution in [1.82, 2.24) is 10.2 Å². The van der Waals surface area contributed by atoms with Crippen LogP contribution >= 0.6 is 0 Å². The minimum Gasteiger partial charge on any atom is -0.387 e. The molecule has 1 unspecified atom stereocenters. The van der Waals surface area contributed by atoms with Gasteiger partial charge in [-0.15, -0.1) is 0 Å². The van der Waals surface area contributed by atoms with Gasteiger partial charge in [-0.25, -0.2) is 4.39 Å². The first-order chi connectivity index (χ1) is 8.15. The smallest absolute Gasteiger partial charge is 0.234 e. The van der Waals surface area contributed by atoms with Crippen LogP contribution in [0.4, 0.5) is 4.39 Å². The number of nitrogens with one attached hydrogen (secondary N) is 1. The highest BCUT2D eigenvalue weighted by Gasteiger charge is 2.19. The van der Waals surface area contributed by atoms with Crippen LogP contribution in [0.25, 0.3) is 0 Å². The predicted octanol–water partition coefficient (Wildman–Crippen LogP) is 0.291. The highest BCUT2D eigenvalue weighted by molar-refractivity contribution is 5.78. The van der Waals surface area contributed by atoms with E-state index in [1.54, 1.807) is 12.1 Å². The summed E-state index contributed by atoms with van der Waals surface area (Å²) >= 11 is 0. The lowest BCUT2D eigenvalue weighted by atomic mass is 10.1. The molecule has 1 saturated heterocycles. The van der Waals surface area contributed by atoms with Gasteiger partial charge in [-0.1, -0.05) is 12.1 Å². The van der Waals surface area contributed by atoms with Gasteiger partial charge in [0.05, 0.1) is 12.6 Å². The van der Waals surface area contributed by atoms with Crippen LogP contribution in [0, 0.1) is 5.82 Å². The Hall–Kier alpha value is -1.46. The second kappa shape index (κ2) is 5.25. The zero-order valence-corrected chi connectivity index (χ0v) is 9.40. The van der Waals surface area contributed by atoms with Crippen LogP contribution in [0.15, 0.2) is 24.3 Å². The van der Waals surface area contributed by atoms with E-state index >= 15 is 0 Å². The third kappa shape index (κ3) is 3.25. The van der Waals surface area contributed by atoms with Gasteiger partial charge >= 0.3 is 0 Å². The number of hydrogen-bond acceptors (Lipinski definition) is 3. The second-order valence-electron chi connectivity index (χ2n) is 4.16. The number of aliphatic hydroxyl groups excluding tert-OH is 1. The molecule has 17 heavy (non-hydrogen) atoms. The Morgan fingerprint density at radius 3 is 3.06 bits per heavy atom. The molecular formula is C12H15FN2O2. The predicted molar refractivity (Wildman–Crippen MR) is 60.8 cm³/mol. The van der Waals surface area contributed by atoms with Crippen molar-refractivity contribution in [2.45, 2.75) is 6.10 Å². The third-order valence-corrected chi connectivity index (χ3v) is 2.78. The fourth-order valence-electron chi connectivity index (χ4n) is 1.91. The van der Waals surface area contributed by atoms with Crippen molar-refractivity contribution >= 4 is 5.91 Å². The molecule has 1 heterocycles. The number of rotatable bonds is 3. The number of hydrogen-bond donors (Lipinski definition) is 2. The number of piperazine rings is 1. The molecule has 2 rings (SSSR count). The average molecular weight is 238 g/mol. The van der Waals surface area contributed by atoms with Gasteiger partial charge in [0, 0.05) is 19.6 Å². The van der Waals surface area contributed by atoms with Gasteiger partial charge in [0.15, 0.2) is 0 Å². The van der Waals surface area contributed by atoms with E-state index in [4.69, 9.17) is 0 Å². The first-order valence-electron chi connectivity index (χ1n) is 5.58. The molecule has 5 heteroatoms. The largest absolute Gasteiger partial charge is 0.387 e. The van der Waals surface area contributed by atoms with Gasteiger partial charge in [-0.2, -0.15) is 0 Å². The number of carbonyl (C=O) groups is 1. The summed E-state index contributed by atoms with van der Waals surface area (Å²) in [5.74, 6) is -0.402. The molecule has 4 nitrogen and oxygen atoms in total. The van der Waals surface area contributed by atoms with Gasteiger partial charge in [-0.3, -0.25) is 9.69 Å². The molecule has 1 aromatic carbocycles. The number of benzene rings is 1. The summed E-state index contributed by atoms with van der Waals surface area (Å²) in [6, 6.07) is 5.90. The van der Waals surface area contributed by atoms with E-state index in [2.05, 4.69) is 5.32 Å². The summed E-state index contributed by atoms with van der Waals surface area (Å²) in [5, 5.41) is 12.7. The maximum atomic E-state index is 13.0. The summed E-state index contributed by atoms with van der Waals surface area (Å²) in [6.07, 6.45) is -0.767. The number of β-amino-alcohol motifs (C(OH)–C–C–N with tert-alkyl or cyclic N) is 1. The Balaban J connectivity index is 1.96. The fraction of sp³-hybridized carbons (Fsp3) is 0.417. The first-order valence-corrected chi connectivity index (χ1v) is 5.58. The molecule has 0 aliphatic carbocycles. The van der Waals surface area contributed by atoms with Gasteiger partial charge in [0.2, 0.25) is 5.91 Å². The Morgan fingerprint density at radius 1 is 1.53 bits per heavy atom. The van der Waals surface area contributed by atoms with Gasteiger partial charge in [0.25, 0.3) is 0 Å². The van der Waals surface area contributed by atoms with Crippen molar-refractivity contribution in [3.05, 3.63) is 35.6 Å². The van der Waals surface area contributed by atoms with E-state index < -0.39 is 6.10 Å². The van der Waals surface area contributed by atoms with Crippen LogP contribution in [0.5, 0.6) is 0 Å². The van der Waals surface area contributed by atoms with E-state index in [9.17, 15) is 14.3 Å². The van der Waals surface area contributed by atoms with Crippen LogP contribution in [-0.2, 0) is 4.79 Å². The Labute approximate surface area is 99.0 Å². The molecule has 1 amide bonds. The van der Waals surface area contributed by atoms with E-state index in [0.717, 1.165) is 0 Å². The molecule has 92 valence electrons. The summed E-state index contributed by atoms with van der Waals surface area (Å²) in [7, 11) is 0. The van der Waals surface area contributed by atoms with Crippen LogP contribution in [0.3, 0.4) is 0 Å². The lowest BCUT2D eigenvalue weighted by Gasteiger charge is -2.28. The van der Waals surface area contributed by atoms with Crippen LogP contribution in [0.2, 0.25) is 0 Å². The first kappa shape index (κ1) is 12.0. The van der Waals surface area contributed by atoms with Gasteiger partial charge in [-0.05, 0) is 17.7 Å². The SMILES string of the molecule is O=C1CN(CC(O)c2cccc(F)c2)CCN1. The maximum absolute atomic E-state index is 13.0. The molecule has 1 atom stereocenters. The molecule has 0 radical (unpaired) electrons. The van der Waals surface area contributed by atoms with Crippen molar-refractivity contribution < 1.29 is 14.3 Å². The number of amides is 1. The van der Waals surface area contributed by atoms with Gasteiger partial charge in [0.1, 0.15) is 5.82 Å². The van der Waals surface area contributed by atoms with Crippen LogP contribution < -0.4 is 5.32 Å². The molecule has 1 aliphatic heterocycles. The molecule has 1 aromatic rings. The minimum atomic E-state index is -0.767.